The maximum atomic E-state index is 12.5. The summed E-state index contributed by atoms with van der Waals surface area (Å²) in [5, 5.41) is 7.79. The molecule has 0 aliphatic carbocycles. The number of aromatic nitrogens is 3. The summed E-state index contributed by atoms with van der Waals surface area (Å²) in [6, 6.07) is 4.84. The van der Waals surface area contributed by atoms with Crippen LogP contribution in [-0.2, 0) is 22.6 Å². The van der Waals surface area contributed by atoms with E-state index in [1.54, 1.807) is 43.7 Å². The first-order valence-corrected chi connectivity index (χ1v) is 8.71. The number of halogens is 2. The lowest BCUT2D eigenvalue weighted by Gasteiger charge is -2.14. The number of benzene rings is 1. The Hall–Kier alpha value is -1.11. The van der Waals surface area contributed by atoms with E-state index < -0.39 is 15.1 Å². The zero-order chi connectivity index (χ0) is 15.8. The van der Waals surface area contributed by atoms with Crippen LogP contribution in [-0.4, -0.2) is 23.2 Å². The highest BCUT2D eigenvalue weighted by atomic mass is 35.5. The topological polar surface area (TPSA) is 64.8 Å². The Kier molecular flexibility index (Phi) is 4.60. The molecule has 0 saturated heterocycles. The Balaban J connectivity index is 2.30. The quantitative estimate of drug-likeness (QED) is 0.852. The Morgan fingerprint density at radius 2 is 1.90 bits per heavy atom. The van der Waals surface area contributed by atoms with Gasteiger partial charge in [0.1, 0.15) is 17.4 Å². The summed E-state index contributed by atoms with van der Waals surface area (Å²) < 4.78 is 26.7. The summed E-state index contributed by atoms with van der Waals surface area (Å²) >= 11 is 11.8. The van der Waals surface area contributed by atoms with Crippen molar-refractivity contribution in [2.24, 2.45) is 7.05 Å². The van der Waals surface area contributed by atoms with Crippen molar-refractivity contribution < 1.29 is 8.42 Å². The zero-order valence-corrected chi connectivity index (χ0v) is 14.2. The molecule has 0 aliphatic rings. The van der Waals surface area contributed by atoms with Gasteiger partial charge >= 0.3 is 0 Å². The molecule has 21 heavy (non-hydrogen) atoms. The average molecular weight is 348 g/mol. The van der Waals surface area contributed by atoms with Gasteiger partial charge in [0, 0.05) is 7.05 Å². The van der Waals surface area contributed by atoms with Crippen LogP contribution in [0.1, 0.15) is 29.4 Å². The number of rotatable bonds is 4. The van der Waals surface area contributed by atoms with Gasteiger partial charge < -0.3 is 4.57 Å². The Bertz CT molecular complexity index is 772. The maximum Gasteiger partial charge on any atom is 0.164 e. The average Bonchev–Trinajstić information content (AvgIpc) is 2.72. The smallest absolute Gasteiger partial charge is 0.164 e. The van der Waals surface area contributed by atoms with Gasteiger partial charge in [-0.15, -0.1) is 10.2 Å². The zero-order valence-electron chi connectivity index (χ0n) is 11.8. The molecule has 0 fully saturated rings. The highest BCUT2D eigenvalue weighted by Crippen LogP contribution is 2.30. The molecule has 0 aliphatic heterocycles. The summed E-state index contributed by atoms with van der Waals surface area (Å²) in [5.41, 5.74) is 0.600. The van der Waals surface area contributed by atoms with Crippen LogP contribution >= 0.6 is 23.2 Å². The van der Waals surface area contributed by atoms with E-state index in [1.165, 1.54) is 0 Å². The van der Waals surface area contributed by atoms with Crippen LogP contribution in [0.3, 0.4) is 0 Å². The van der Waals surface area contributed by atoms with Gasteiger partial charge in [-0.2, -0.15) is 0 Å². The summed E-state index contributed by atoms with van der Waals surface area (Å²) in [6.45, 7) is 3.39. The van der Waals surface area contributed by atoms with Crippen LogP contribution in [0.25, 0.3) is 0 Å². The molecule has 1 aromatic heterocycles. The predicted octanol–water partition coefficient (Wildman–Crippen LogP) is 3.11. The molecule has 5 nitrogen and oxygen atoms in total. The van der Waals surface area contributed by atoms with Crippen molar-refractivity contribution in [3.05, 3.63) is 45.5 Å². The standard InChI is InChI=1S/C13H15Cl2N3O2S/c1-8(10-4-5-11(14)12(15)6-10)21(19,20)7-13-17-16-9(2)18(13)3/h4-6,8H,7H2,1-3H3. The molecule has 0 radical (unpaired) electrons. The Morgan fingerprint density at radius 1 is 1.24 bits per heavy atom. The first-order chi connectivity index (χ1) is 9.72. The molecular formula is C13H15Cl2N3O2S. The largest absolute Gasteiger partial charge is 0.317 e. The Morgan fingerprint density at radius 3 is 2.43 bits per heavy atom. The van der Waals surface area contributed by atoms with Gasteiger partial charge in [-0.3, -0.25) is 0 Å². The fraction of sp³-hybridized carbons (Fsp3) is 0.385. The summed E-state index contributed by atoms with van der Waals surface area (Å²) in [7, 11) is -1.69. The minimum absolute atomic E-state index is 0.175. The van der Waals surface area contributed by atoms with Gasteiger partial charge in [-0.25, -0.2) is 8.42 Å². The molecule has 1 unspecified atom stereocenters. The van der Waals surface area contributed by atoms with E-state index in [0.29, 0.717) is 27.3 Å². The maximum absolute atomic E-state index is 12.5. The molecule has 0 N–H and O–H groups in total. The minimum atomic E-state index is -3.43. The molecule has 2 rings (SSSR count). The van der Waals surface area contributed by atoms with Gasteiger partial charge in [-0.1, -0.05) is 29.3 Å². The second-order valence-corrected chi connectivity index (χ2v) is 7.98. The van der Waals surface area contributed by atoms with E-state index in [2.05, 4.69) is 10.2 Å². The summed E-state index contributed by atoms with van der Waals surface area (Å²) in [4.78, 5) is 0. The first-order valence-electron chi connectivity index (χ1n) is 6.23. The van der Waals surface area contributed by atoms with Crippen molar-refractivity contribution in [3.8, 4) is 0 Å². The lowest BCUT2D eigenvalue weighted by molar-refractivity contribution is 0.582. The van der Waals surface area contributed by atoms with Gasteiger partial charge in [-0.05, 0) is 31.5 Å². The molecule has 1 aromatic carbocycles. The summed E-state index contributed by atoms with van der Waals surface area (Å²) in [5.74, 6) is 0.910. The normalized spacial score (nSPS) is 13.4. The Labute approximate surface area is 133 Å². The first kappa shape index (κ1) is 16.3. The van der Waals surface area contributed by atoms with Gasteiger partial charge in [0.25, 0.3) is 0 Å². The predicted molar refractivity (Wildman–Crippen MR) is 83.2 cm³/mol. The van der Waals surface area contributed by atoms with Crippen molar-refractivity contribution in [2.75, 3.05) is 0 Å². The van der Waals surface area contributed by atoms with Crippen LogP contribution in [0.4, 0.5) is 0 Å². The van der Waals surface area contributed by atoms with Gasteiger partial charge in [0.15, 0.2) is 9.84 Å². The highest BCUT2D eigenvalue weighted by molar-refractivity contribution is 7.90. The van der Waals surface area contributed by atoms with E-state index in [4.69, 9.17) is 23.2 Å². The third-order valence-electron chi connectivity index (χ3n) is 3.46. The van der Waals surface area contributed by atoms with Crippen molar-refractivity contribution >= 4 is 33.0 Å². The van der Waals surface area contributed by atoms with Crippen LogP contribution in [0.2, 0.25) is 10.0 Å². The van der Waals surface area contributed by atoms with E-state index in [0.717, 1.165) is 0 Å². The number of sulfone groups is 1. The summed E-state index contributed by atoms with van der Waals surface area (Å²) in [6.07, 6.45) is 0. The molecule has 1 heterocycles. The molecule has 1 atom stereocenters. The van der Waals surface area contributed by atoms with Gasteiger partial charge in [0.05, 0.1) is 15.3 Å². The number of hydrogen-bond donors (Lipinski definition) is 0. The highest BCUT2D eigenvalue weighted by Gasteiger charge is 2.26. The second kappa shape index (κ2) is 5.94. The van der Waals surface area contributed by atoms with Crippen molar-refractivity contribution in [2.45, 2.75) is 24.9 Å². The fourth-order valence-electron chi connectivity index (χ4n) is 1.85. The van der Waals surface area contributed by atoms with Crippen LogP contribution < -0.4 is 0 Å². The van der Waals surface area contributed by atoms with Crippen LogP contribution in [0, 0.1) is 6.92 Å². The van der Waals surface area contributed by atoms with Crippen molar-refractivity contribution in [1.82, 2.24) is 14.8 Å². The monoisotopic (exact) mass is 347 g/mol. The van der Waals surface area contributed by atoms with E-state index in [1.807, 2.05) is 0 Å². The van der Waals surface area contributed by atoms with Gasteiger partial charge in [0.2, 0.25) is 0 Å². The van der Waals surface area contributed by atoms with Crippen LogP contribution in [0.15, 0.2) is 18.2 Å². The number of aryl methyl sites for hydroxylation is 1. The molecule has 8 heteroatoms. The van der Waals surface area contributed by atoms with E-state index in [9.17, 15) is 8.42 Å². The third-order valence-corrected chi connectivity index (χ3v) is 6.21. The molecular weight excluding hydrogens is 333 g/mol. The minimum Gasteiger partial charge on any atom is -0.317 e. The van der Waals surface area contributed by atoms with Crippen molar-refractivity contribution in [3.63, 3.8) is 0 Å². The lowest BCUT2D eigenvalue weighted by atomic mass is 10.2. The second-order valence-electron chi connectivity index (χ2n) is 4.85. The molecule has 0 bridgehead atoms. The lowest BCUT2D eigenvalue weighted by Crippen LogP contribution is -2.15. The molecule has 114 valence electrons. The number of nitrogens with zero attached hydrogens (tertiary/aromatic N) is 3. The fourth-order valence-corrected chi connectivity index (χ4v) is 3.58. The van der Waals surface area contributed by atoms with E-state index >= 15 is 0 Å². The third kappa shape index (κ3) is 3.39. The SMILES string of the molecule is Cc1nnc(CS(=O)(=O)C(C)c2ccc(Cl)c(Cl)c2)n1C. The number of hydrogen-bond acceptors (Lipinski definition) is 4. The molecule has 0 amide bonds. The molecule has 0 saturated carbocycles. The van der Waals surface area contributed by atoms with E-state index in [-0.39, 0.29) is 5.75 Å². The molecule has 0 spiro atoms. The van der Waals surface area contributed by atoms with Crippen molar-refractivity contribution in [1.29, 1.82) is 0 Å². The molecule has 2 aromatic rings. The van der Waals surface area contributed by atoms with Crippen LogP contribution in [0.5, 0.6) is 0 Å².